The number of nitrogens with zero attached hydrogens (tertiary/aromatic N) is 2. The molecule has 1 aliphatic heterocycles. The lowest BCUT2D eigenvalue weighted by Gasteiger charge is -2.18. The van der Waals surface area contributed by atoms with E-state index in [2.05, 4.69) is 5.32 Å². The number of Topliss-reactive ketones (excluding diaryl/α,β-unsaturated/α-hetero) is 1. The largest absolute Gasteiger partial charge is 0.382 e. The molecular weight excluding hydrogens is 346 g/mol. The normalized spacial score (nSPS) is 17.6. The van der Waals surface area contributed by atoms with Gasteiger partial charge >= 0.3 is 5.69 Å². The average molecular weight is 357 g/mol. The van der Waals surface area contributed by atoms with Crippen LogP contribution in [0.1, 0.15) is 37.0 Å². The number of carbonyl (C=O) groups excluding carboxylic acids is 1. The van der Waals surface area contributed by atoms with Crippen molar-refractivity contribution in [2.75, 3.05) is 0 Å². The summed E-state index contributed by atoms with van der Waals surface area (Å²) in [6.07, 6.45) is 0.695. The van der Waals surface area contributed by atoms with Crippen LogP contribution in [0, 0.1) is 44.7 Å². The maximum atomic E-state index is 14.0. The molecule has 1 heterocycles. The molecule has 0 saturated carbocycles. The molecule has 25 heavy (non-hydrogen) atoms. The maximum Gasteiger partial charge on any atom is 0.322 e. The fraction of sp³-hybridized carbons (Fsp3) is 0.333. The predicted octanol–water partition coefficient (Wildman–Crippen LogP) is 3.27. The number of rotatable bonds is 3. The first-order chi connectivity index (χ1) is 11.5. The van der Waals surface area contributed by atoms with E-state index in [1.54, 1.807) is 13.8 Å². The third-order valence-electron chi connectivity index (χ3n) is 3.78. The number of benzene rings is 1. The van der Waals surface area contributed by atoms with E-state index in [4.69, 9.17) is 0 Å². The Labute approximate surface area is 138 Å². The number of hydrogen-bond acceptors (Lipinski definition) is 5. The van der Waals surface area contributed by atoms with Crippen molar-refractivity contribution < 1.29 is 27.3 Å². The lowest BCUT2D eigenvalue weighted by atomic mass is 9.98. The first-order valence-corrected chi connectivity index (χ1v) is 6.98. The highest BCUT2D eigenvalue weighted by molar-refractivity contribution is 6.14. The molecule has 0 amide bonds. The molecule has 0 spiro atoms. The molecule has 1 aromatic rings. The summed E-state index contributed by atoms with van der Waals surface area (Å²) in [5.74, 6) is -10.9. The van der Waals surface area contributed by atoms with Crippen LogP contribution in [0.5, 0.6) is 0 Å². The van der Waals surface area contributed by atoms with Crippen LogP contribution in [-0.4, -0.2) is 16.2 Å². The molecule has 1 N–H and O–H groups in total. The summed E-state index contributed by atoms with van der Waals surface area (Å²) < 4.78 is 54.4. The maximum absolute atomic E-state index is 14.0. The zero-order valence-corrected chi connectivity index (χ0v) is 13.0. The van der Waals surface area contributed by atoms with Crippen LogP contribution in [0.15, 0.2) is 11.3 Å². The summed E-state index contributed by atoms with van der Waals surface area (Å²) >= 11 is 0. The molecule has 1 saturated heterocycles. The molecular formula is C15H11F4N3O3. The number of hydrogen-bond donors (Lipinski definition) is 1. The molecule has 132 valence electrons. The topological polar surface area (TPSA) is 96.0 Å². The second kappa shape index (κ2) is 6.16. The average Bonchev–Trinajstić information content (AvgIpc) is 2.88. The van der Waals surface area contributed by atoms with E-state index >= 15 is 0 Å². The molecule has 0 radical (unpaired) electrons. The predicted molar refractivity (Wildman–Crippen MR) is 76.3 cm³/mol. The van der Waals surface area contributed by atoms with Crippen LogP contribution in [-0.2, 0) is 0 Å². The molecule has 1 fully saturated rings. The van der Waals surface area contributed by atoms with Crippen molar-refractivity contribution in [1.29, 1.82) is 5.26 Å². The van der Waals surface area contributed by atoms with E-state index in [1.165, 1.54) is 6.07 Å². The van der Waals surface area contributed by atoms with E-state index < -0.39 is 56.3 Å². The Balaban J connectivity index is 2.74. The first-order valence-electron chi connectivity index (χ1n) is 6.98. The Morgan fingerprint density at radius 3 is 2.20 bits per heavy atom. The Bertz CT molecular complexity index is 872. The number of nitrogens with one attached hydrogen (secondary N) is 1. The van der Waals surface area contributed by atoms with Gasteiger partial charge in [0.1, 0.15) is 17.2 Å². The standard InChI is InChI=1S/C15H11F4N3O3/c1-15(2)4-3-7(21-15)6(5-20)14(23)8-9(16)10(17)11(18)12(19)13(8)22(24)25/h21H,3-4H2,1-2H3/b7-6-. The molecule has 0 aromatic heterocycles. The van der Waals surface area contributed by atoms with E-state index in [9.17, 15) is 37.7 Å². The highest BCUT2D eigenvalue weighted by atomic mass is 19.2. The quantitative estimate of drug-likeness (QED) is 0.131. The minimum absolute atomic E-state index is 0.0661. The van der Waals surface area contributed by atoms with Crippen LogP contribution in [0.2, 0.25) is 0 Å². The van der Waals surface area contributed by atoms with Gasteiger partial charge in [0.25, 0.3) is 0 Å². The molecule has 6 nitrogen and oxygen atoms in total. The number of allylic oxidation sites excluding steroid dienone is 2. The minimum Gasteiger partial charge on any atom is -0.382 e. The zero-order chi connectivity index (χ0) is 19.1. The summed E-state index contributed by atoms with van der Waals surface area (Å²) in [4.78, 5) is 21.8. The first kappa shape index (κ1) is 18.4. The van der Waals surface area contributed by atoms with Crippen molar-refractivity contribution in [3.05, 3.63) is 50.2 Å². The van der Waals surface area contributed by atoms with Gasteiger partial charge < -0.3 is 5.32 Å². The van der Waals surface area contributed by atoms with Crippen LogP contribution in [0.3, 0.4) is 0 Å². The van der Waals surface area contributed by atoms with Crippen molar-refractivity contribution in [2.45, 2.75) is 32.2 Å². The van der Waals surface area contributed by atoms with Crippen molar-refractivity contribution in [3.8, 4) is 6.07 Å². The smallest absolute Gasteiger partial charge is 0.322 e. The zero-order valence-electron chi connectivity index (χ0n) is 13.0. The highest BCUT2D eigenvalue weighted by Gasteiger charge is 2.39. The van der Waals surface area contributed by atoms with Crippen LogP contribution >= 0.6 is 0 Å². The molecule has 0 aliphatic carbocycles. The third kappa shape index (κ3) is 3.05. The van der Waals surface area contributed by atoms with Gasteiger partial charge in [-0.05, 0) is 26.7 Å². The number of halogens is 4. The minimum atomic E-state index is -2.41. The van der Waals surface area contributed by atoms with Crippen LogP contribution in [0.4, 0.5) is 23.2 Å². The van der Waals surface area contributed by atoms with Gasteiger partial charge in [-0.15, -0.1) is 0 Å². The van der Waals surface area contributed by atoms with Gasteiger partial charge in [-0.25, -0.2) is 13.2 Å². The number of nitro groups is 1. The van der Waals surface area contributed by atoms with E-state index in [0.717, 1.165) is 0 Å². The Kier molecular flexibility index (Phi) is 4.53. The lowest BCUT2D eigenvalue weighted by Crippen LogP contribution is -2.32. The number of carbonyl (C=O) groups is 1. The highest BCUT2D eigenvalue weighted by Crippen LogP contribution is 2.34. The fourth-order valence-corrected chi connectivity index (χ4v) is 2.54. The van der Waals surface area contributed by atoms with E-state index in [-0.39, 0.29) is 12.1 Å². The second-order valence-corrected chi connectivity index (χ2v) is 6.04. The summed E-state index contributed by atoms with van der Waals surface area (Å²) in [6, 6.07) is 1.47. The molecule has 2 rings (SSSR count). The lowest BCUT2D eigenvalue weighted by molar-refractivity contribution is -0.388. The molecule has 0 bridgehead atoms. The van der Waals surface area contributed by atoms with Crippen molar-refractivity contribution >= 4 is 11.5 Å². The van der Waals surface area contributed by atoms with Gasteiger partial charge in [0.15, 0.2) is 11.6 Å². The van der Waals surface area contributed by atoms with Crippen molar-refractivity contribution in [3.63, 3.8) is 0 Å². The summed E-state index contributed by atoms with van der Waals surface area (Å²) in [6.45, 7) is 3.50. The number of nitro benzene ring substituents is 1. The summed E-state index contributed by atoms with van der Waals surface area (Å²) in [5, 5.41) is 22.9. The third-order valence-corrected chi connectivity index (χ3v) is 3.78. The molecule has 10 heteroatoms. The van der Waals surface area contributed by atoms with Crippen LogP contribution in [0.25, 0.3) is 0 Å². The summed E-state index contributed by atoms with van der Waals surface area (Å²) in [7, 11) is 0. The second-order valence-electron chi connectivity index (χ2n) is 6.04. The Hall–Kier alpha value is -2.96. The van der Waals surface area contributed by atoms with Crippen LogP contribution < -0.4 is 5.32 Å². The van der Waals surface area contributed by atoms with Crippen molar-refractivity contribution in [2.24, 2.45) is 0 Å². The van der Waals surface area contributed by atoms with Gasteiger partial charge in [-0.2, -0.15) is 9.65 Å². The van der Waals surface area contributed by atoms with E-state index in [0.29, 0.717) is 6.42 Å². The van der Waals surface area contributed by atoms with Gasteiger partial charge in [0.05, 0.1) is 4.92 Å². The van der Waals surface area contributed by atoms with Gasteiger partial charge in [-0.1, -0.05) is 0 Å². The Morgan fingerprint density at radius 2 is 1.76 bits per heavy atom. The summed E-state index contributed by atoms with van der Waals surface area (Å²) in [5.41, 5.74) is -4.64. The van der Waals surface area contributed by atoms with Crippen molar-refractivity contribution in [1.82, 2.24) is 5.32 Å². The number of ketones is 1. The monoisotopic (exact) mass is 357 g/mol. The molecule has 1 aromatic carbocycles. The van der Waals surface area contributed by atoms with Gasteiger partial charge in [0, 0.05) is 11.2 Å². The van der Waals surface area contributed by atoms with Gasteiger partial charge in [-0.3, -0.25) is 14.9 Å². The molecule has 0 atom stereocenters. The van der Waals surface area contributed by atoms with E-state index in [1.807, 2.05) is 0 Å². The fourth-order valence-electron chi connectivity index (χ4n) is 2.54. The molecule has 1 aliphatic rings. The number of nitriles is 1. The SMILES string of the molecule is CC1(C)CC/C(=C(\C#N)C(=O)c2c(F)c(F)c(F)c(F)c2[N+](=O)[O-])N1. The van der Waals surface area contributed by atoms with Gasteiger partial charge in [0.2, 0.25) is 17.4 Å². The Morgan fingerprint density at radius 1 is 1.20 bits per heavy atom. The molecule has 0 unspecified atom stereocenters.